The highest BCUT2D eigenvalue weighted by Gasteiger charge is 2.19. The van der Waals surface area contributed by atoms with Gasteiger partial charge in [0.15, 0.2) is 0 Å². The lowest BCUT2D eigenvalue weighted by Crippen LogP contribution is -2.33. The molecular weight excluding hydrogens is 190 g/mol. The molecule has 0 unspecified atom stereocenters. The smallest absolute Gasteiger partial charge is 0.481 e. The zero-order valence-electron chi connectivity index (χ0n) is 7.14. The molecule has 0 aromatic heterocycles. The third kappa shape index (κ3) is 2.30. The Bertz CT molecular complexity index is 353. The first-order valence-corrected chi connectivity index (χ1v) is 3.87. The molecule has 74 valence electrons. The Balaban J connectivity index is 3.07. The molecule has 3 N–H and O–H groups in total. The topological polar surface area (TPSA) is 77.8 Å². The molecule has 6 heteroatoms. The van der Waals surface area contributed by atoms with Gasteiger partial charge < -0.3 is 15.2 Å². The number of hydrogen-bond acceptors (Lipinski definition) is 3. The monoisotopic (exact) mass is 198 g/mol. The molecule has 0 amide bonds. The fourth-order valence-corrected chi connectivity index (χ4v) is 1.10. The van der Waals surface area contributed by atoms with Crippen LogP contribution in [-0.4, -0.2) is 28.2 Å². The van der Waals surface area contributed by atoms with E-state index in [1.165, 1.54) is 18.2 Å². The van der Waals surface area contributed by atoms with E-state index in [0.717, 1.165) is 0 Å². The van der Waals surface area contributed by atoms with Gasteiger partial charge in [-0.05, 0) is 5.56 Å². The van der Waals surface area contributed by atoms with Gasteiger partial charge in [0.05, 0.1) is 6.42 Å². The molecule has 0 spiro atoms. The highest BCUT2D eigenvalue weighted by Crippen LogP contribution is 2.05. The summed E-state index contributed by atoms with van der Waals surface area (Å²) < 4.78 is 13.3. The molecule has 0 bridgehead atoms. The lowest BCUT2D eigenvalue weighted by Gasteiger charge is -2.05. The summed E-state index contributed by atoms with van der Waals surface area (Å²) in [6.45, 7) is 0. The van der Waals surface area contributed by atoms with Crippen LogP contribution in [0.3, 0.4) is 0 Å². The molecule has 0 radical (unpaired) electrons. The zero-order valence-corrected chi connectivity index (χ0v) is 7.14. The van der Waals surface area contributed by atoms with Crippen molar-refractivity contribution in [2.75, 3.05) is 0 Å². The molecule has 0 atom stereocenters. The standard InChI is InChI=1S/C8H8BFO4/c10-8-5(4-7(11)12)2-1-3-6(8)9(13)14/h1-3,13-14H,4H2,(H,11,12). The summed E-state index contributed by atoms with van der Waals surface area (Å²) in [6, 6.07) is 3.84. The van der Waals surface area contributed by atoms with E-state index in [2.05, 4.69) is 0 Å². The highest BCUT2D eigenvalue weighted by molar-refractivity contribution is 6.58. The minimum atomic E-state index is -1.93. The van der Waals surface area contributed by atoms with Gasteiger partial charge in [-0.25, -0.2) is 4.39 Å². The first-order chi connectivity index (χ1) is 6.52. The average Bonchev–Trinajstić information content (AvgIpc) is 2.07. The van der Waals surface area contributed by atoms with Gasteiger partial charge in [0.1, 0.15) is 5.82 Å². The SMILES string of the molecule is O=C(O)Cc1cccc(B(O)O)c1F. The first kappa shape index (κ1) is 10.7. The van der Waals surface area contributed by atoms with Crippen molar-refractivity contribution in [3.63, 3.8) is 0 Å². The van der Waals surface area contributed by atoms with Crippen LogP contribution in [0.25, 0.3) is 0 Å². The van der Waals surface area contributed by atoms with E-state index in [1.807, 2.05) is 0 Å². The predicted molar refractivity (Wildman–Crippen MR) is 47.6 cm³/mol. The Hall–Kier alpha value is -1.40. The summed E-state index contributed by atoms with van der Waals surface area (Å²) in [4.78, 5) is 10.3. The maximum atomic E-state index is 13.3. The molecule has 0 aliphatic carbocycles. The van der Waals surface area contributed by atoms with Crippen LogP contribution in [0.4, 0.5) is 4.39 Å². The van der Waals surface area contributed by atoms with Crippen LogP contribution in [0.2, 0.25) is 0 Å². The second-order valence-corrected chi connectivity index (χ2v) is 2.76. The summed E-state index contributed by atoms with van der Waals surface area (Å²) in [7, 11) is -1.93. The maximum Gasteiger partial charge on any atom is 0.491 e. The normalized spacial score (nSPS) is 9.93. The Morgan fingerprint density at radius 1 is 1.43 bits per heavy atom. The average molecular weight is 198 g/mol. The Kier molecular flexibility index (Phi) is 3.21. The van der Waals surface area contributed by atoms with Crippen molar-refractivity contribution in [3.05, 3.63) is 29.6 Å². The van der Waals surface area contributed by atoms with E-state index >= 15 is 0 Å². The largest absolute Gasteiger partial charge is 0.491 e. The molecule has 1 aromatic rings. The molecule has 14 heavy (non-hydrogen) atoms. The van der Waals surface area contributed by atoms with Crippen LogP contribution in [0.5, 0.6) is 0 Å². The summed E-state index contributed by atoms with van der Waals surface area (Å²) >= 11 is 0. The third-order valence-corrected chi connectivity index (χ3v) is 1.73. The van der Waals surface area contributed by atoms with Crippen LogP contribution in [0.1, 0.15) is 5.56 Å². The van der Waals surface area contributed by atoms with Crippen molar-refractivity contribution in [2.24, 2.45) is 0 Å². The summed E-state index contributed by atoms with van der Waals surface area (Å²) in [5.74, 6) is -2.06. The van der Waals surface area contributed by atoms with E-state index in [4.69, 9.17) is 15.2 Å². The van der Waals surface area contributed by atoms with E-state index < -0.39 is 25.3 Å². The van der Waals surface area contributed by atoms with Crippen molar-refractivity contribution >= 4 is 18.6 Å². The molecule has 4 nitrogen and oxygen atoms in total. The number of hydrogen-bond donors (Lipinski definition) is 3. The number of carboxylic acids is 1. The van der Waals surface area contributed by atoms with Crippen molar-refractivity contribution < 1.29 is 24.3 Å². The van der Waals surface area contributed by atoms with Gasteiger partial charge in [0.2, 0.25) is 0 Å². The summed E-state index contributed by atoms with van der Waals surface area (Å²) in [6.07, 6.45) is -0.480. The van der Waals surface area contributed by atoms with E-state index in [0.29, 0.717) is 0 Å². The number of aliphatic carboxylic acids is 1. The summed E-state index contributed by atoms with van der Waals surface area (Å²) in [5, 5.41) is 25.9. The quantitative estimate of drug-likeness (QED) is 0.551. The molecule has 0 fully saturated rings. The van der Waals surface area contributed by atoms with Crippen molar-refractivity contribution in [2.45, 2.75) is 6.42 Å². The van der Waals surface area contributed by atoms with Gasteiger partial charge in [0.25, 0.3) is 0 Å². The minimum absolute atomic E-state index is 0.0666. The molecule has 0 aliphatic heterocycles. The van der Waals surface area contributed by atoms with Crippen molar-refractivity contribution in [1.29, 1.82) is 0 Å². The van der Waals surface area contributed by atoms with Gasteiger partial charge in [0, 0.05) is 5.46 Å². The van der Waals surface area contributed by atoms with Crippen LogP contribution >= 0.6 is 0 Å². The second-order valence-electron chi connectivity index (χ2n) is 2.76. The van der Waals surface area contributed by atoms with Gasteiger partial charge >= 0.3 is 13.1 Å². The fraction of sp³-hybridized carbons (Fsp3) is 0.125. The molecule has 0 heterocycles. The second kappa shape index (κ2) is 4.21. The van der Waals surface area contributed by atoms with E-state index in [9.17, 15) is 9.18 Å². The molecule has 0 saturated carbocycles. The van der Waals surface area contributed by atoms with Crippen LogP contribution in [0, 0.1) is 5.82 Å². The fourth-order valence-electron chi connectivity index (χ4n) is 1.10. The molecular formula is C8H8BFO4. The number of halogens is 1. The van der Waals surface area contributed by atoms with Gasteiger partial charge in [-0.3, -0.25) is 4.79 Å². The Morgan fingerprint density at radius 2 is 2.07 bits per heavy atom. The molecule has 1 rings (SSSR count). The molecule has 0 aliphatic rings. The number of benzene rings is 1. The third-order valence-electron chi connectivity index (χ3n) is 1.73. The Morgan fingerprint density at radius 3 is 2.57 bits per heavy atom. The predicted octanol–water partition coefficient (Wildman–Crippen LogP) is -0.867. The first-order valence-electron chi connectivity index (χ1n) is 3.87. The number of carboxylic acid groups (broad SMARTS) is 1. The van der Waals surface area contributed by atoms with Crippen LogP contribution < -0.4 is 5.46 Å². The zero-order chi connectivity index (χ0) is 10.7. The lowest BCUT2D eigenvalue weighted by molar-refractivity contribution is -0.136. The summed E-state index contributed by atoms with van der Waals surface area (Å²) in [5.41, 5.74) is -0.383. The van der Waals surface area contributed by atoms with Gasteiger partial charge in [-0.1, -0.05) is 18.2 Å². The van der Waals surface area contributed by atoms with E-state index in [1.54, 1.807) is 0 Å². The van der Waals surface area contributed by atoms with Crippen molar-refractivity contribution in [1.82, 2.24) is 0 Å². The van der Waals surface area contributed by atoms with Crippen LogP contribution in [-0.2, 0) is 11.2 Å². The number of carbonyl (C=O) groups is 1. The number of rotatable bonds is 3. The van der Waals surface area contributed by atoms with Gasteiger partial charge in [-0.15, -0.1) is 0 Å². The highest BCUT2D eigenvalue weighted by atomic mass is 19.1. The lowest BCUT2D eigenvalue weighted by atomic mass is 9.79. The molecule has 1 aromatic carbocycles. The Labute approximate surface area is 79.8 Å². The van der Waals surface area contributed by atoms with Crippen LogP contribution in [0.15, 0.2) is 18.2 Å². The minimum Gasteiger partial charge on any atom is -0.481 e. The van der Waals surface area contributed by atoms with Crippen molar-refractivity contribution in [3.8, 4) is 0 Å². The van der Waals surface area contributed by atoms with Gasteiger partial charge in [-0.2, -0.15) is 0 Å². The molecule has 0 saturated heterocycles. The maximum absolute atomic E-state index is 13.3. The van der Waals surface area contributed by atoms with E-state index in [-0.39, 0.29) is 11.0 Å².